The molecule has 2 unspecified atom stereocenters. The lowest BCUT2D eigenvalue weighted by Gasteiger charge is -2.29. The van der Waals surface area contributed by atoms with Crippen molar-refractivity contribution in [2.45, 2.75) is 45.6 Å². The van der Waals surface area contributed by atoms with E-state index in [0.717, 1.165) is 17.8 Å². The molecule has 1 saturated carbocycles. The fourth-order valence-electron chi connectivity index (χ4n) is 2.75. The van der Waals surface area contributed by atoms with Crippen LogP contribution in [-0.2, 0) is 6.54 Å². The van der Waals surface area contributed by atoms with E-state index in [0.29, 0.717) is 18.2 Å². The minimum Gasteiger partial charge on any atom is -0.325 e. The number of Topliss-reactive ketones (excluding diaryl/α,β-unsaturated/α-hetero) is 1. The monoisotopic (exact) mass is 252 g/mol. The van der Waals surface area contributed by atoms with E-state index < -0.39 is 0 Å². The maximum absolute atomic E-state index is 12.4. The summed E-state index contributed by atoms with van der Waals surface area (Å²) < 4.78 is 0. The molecule has 17 heavy (non-hydrogen) atoms. The molecule has 0 aliphatic heterocycles. The second kappa shape index (κ2) is 5.74. The van der Waals surface area contributed by atoms with Crippen LogP contribution in [-0.4, -0.2) is 10.8 Å². The molecule has 0 saturated heterocycles. The SMILES string of the molecule is CCC1CCCCC1C(=O)c1csc(CN)n1. The molecule has 0 spiro atoms. The Morgan fingerprint density at radius 2 is 2.29 bits per heavy atom. The van der Waals surface area contributed by atoms with Gasteiger partial charge in [0.2, 0.25) is 0 Å². The first kappa shape index (κ1) is 12.7. The van der Waals surface area contributed by atoms with Gasteiger partial charge in [0.15, 0.2) is 5.78 Å². The molecular weight excluding hydrogens is 232 g/mol. The van der Waals surface area contributed by atoms with E-state index in [1.54, 1.807) is 0 Å². The molecule has 1 aromatic rings. The van der Waals surface area contributed by atoms with Crippen molar-refractivity contribution >= 4 is 17.1 Å². The Balaban J connectivity index is 2.12. The molecule has 2 atom stereocenters. The number of aromatic nitrogens is 1. The zero-order valence-electron chi connectivity index (χ0n) is 10.3. The summed E-state index contributed by atoms with van der Waals surface area (Å²) in [7, 11) is 0. The van der Waals surface area contributed by atoms with Crippen molar-refractivity contribution < 1.29 is 4.79 Å². The second-order valence-corrected chi connectivity index (χ2v) is 5.70. The Hall–Kier alpha value is -0.740. The molecule has 1 aromatic heterocycles. The van der Waals surface area contributed by atoms with Crippen molar-refractivity contribution in [1.82, 2.24) is 4.98 Å². The van der Waals surface area contributed by atoms with Gasteiger partial charge in [-0.25, -0.2) is 4.98 Å². The normalized spacial score (nSPS) is 24.8. The van der Waals surface area contributed by atoms with E-state index in [4.69, 9.17) is 5.73 Å². The predicted octanol–water partition coefficient (Wildman–Crippen LogP) is 3.00. The third kappa shape index (κ3) is 2.75. The van der Waals surface area contributed by atoms with Crippen molar-refractivity contribution in [3.63, 3.8) is 0 Å². The first-order chi connectivity index (χ1) is 8.26. The highest BCUT2D eigenvalue weighted by Crippen LogP contribution is 2.34. The minimum atomic E-state index is 0.196. The largest absolute Gasteiger partial charge is 0.325 e. The van der Waals surface area contributed by atoms with Crippen LogP contribution in [0.2, 0.25) is 0 Å². The summed E-state index contributed by atoms with van der Waals surface area (Å²) in [6.07, 6.45) is 5.78. The number of hydrogen-bond donors (Lipinski definition) is 1. The van der Waals surface area contributed by atoms with Crippen molar-refractivity contribution in [3.05, 3.63) is 16.1 Å². The van der Waals surface area contributed by atoms with E-state index in [1.165, 1.54) is 30.6 Å². The van der Waals surface area contributed by atoms with Crippen LogP contribution in [0.3, 0.4) is 0 Å². The Morgan fingerprint density at radius 1 is 1.53 bits per heavy atom. The smallest absolute Gasteiger partial charge is 0.185 e. The Labute approximate surface area is 106 Å². The van der Waals surface area contributed by atoms with Crippen molar-refractivity contribution in [3.8, 4) is 0 Å². The van der Waals surface area contributed by atoms with Crippen LogP contribution in [0.5, 0.6) is 0 Å². The third-order valence-corrected chi connectivity index (χ3v) is 4.62. The van der Waals surface area contributed by atoms with Crippen molar-refractivity contribution in [2.24, 2.45) is 17.6 Å². The number of thiazole rings is 1. The van der Waals surface area contributed by atoms with Gasteiger partial charge in [-0.3, -0.25) is 4.79 Å². The number of hydrogen-bond acceptors (Lipinski definition) is 4. The van der Waals surface area contributed by atoms with E-state index in [9.17, 15) is 4.79 Å². The van der Waals surface area contributed by atoms with Crippen LogP contribution in [0.4, 0.5) is 0 Å². The van der Waals surface area contributed by atoms with Gasteiger partial charge in [0.1, 0.15) is 10.7 Å². The quantitative estimate of drug-likeness (QED) is 0.838. The van der Waals surface area contributed by atoms with Gasteiger partial charge in [0, 0.05) is 17.8 Å². The summed E-state index contributed by atoms with van der Waals surface area (Å²) in [5, 5.41) is 2.73. The molecule has 1 aliphatic rings. The van der Waals surface area contributed by atoms with Gasteiger partial charge in [0.05, 0.1) is 0 Å². The molecule has 0 aromatic carbocycles. The topological polar surface area (TPSA) is 56.0 Å². The van der Waals surface area contributed by atoms with Gasteiger partial charge < -0.3 is 5.73 Å². The molecule has 1 heterocycles. The van der Waals surface area contributed by atoms with Crippen LogP contribution in [0.25, 0.3) is 0 Å². The Kier molecular flexibility index (Phi) is 4.29. The molecule has 4 heteroatoms. The summed E-state index contributed by atoms with van der Waals surface area (Å²) in [6, 6.07) is 0. The highest BCUT2D eigenvalue weighted by Gasteiger charge is 2.31. The molecule has 94 valence electrons. The number of carbonyl (C=O) groups excluding carboxylic acids is 1. The fraction of sp³-hybridized carbons (Fsp3) is 0.692. The number of carbonyl (C=O) groups is 1. The highest BCUT2D eigenvalue weighted by atomic mass is 32.1. The van der Waals surface area contributed by atoms with E-state index in [1.807, 2.05) is 5.38 Å². The van der Waals surface area contributed by atoms with E-state index in [-0.39, 0.29) is 11.7 Å². The van der Waals surface area contributed by atoms with Gasteiger partial charge in [-0.1, -0.05) is 26.2 Å². The first-order valence-electron chi connectivity index (χ1n) is 6.45. The molecule has 1 fully saturated rings. The molecule has 0 radical (unpaired) electrons. The van der Waals surface area contributed by atoms with Crippen molar-refractivity contribution in [2.75, 3.05) is 0 Å². The van der Waals surface area contributed by atoms with Crippen LogP contribution in [0.1, 0.15) is 54.5 Å². The standard InChI is InChI=1S/C13H20N2OS/c1-2-9-5-3-4-6-10(9)13(16)11-8-17-12(7-14)15-11/h8-10H,2-7,14H2,1H3. The molecule has 1 aliphatic carbocycles. The highest BCUT2D eigenvalue weighted by molar-refractivity contribution is 7.09. The van der Waals surface area contributed by atoms with Crippen molar-refractivity contribution in [1.29, 1.82) is 0 Å². The molecule has 0 bridgehead atoms. The third-order valence-electron chi connectivity index (χ3n) is 3.75. The van der Waals surface area contributed by atoms with Gasteiger partial charge in [0.25, 0.3) is 0 Å². The average molecular weight is 252 g/mol. The minimum absolute atomic E-state index is 0.196. The lowest BCUT2D eigenvalue weighted by molar-refractivity contribution is 0.0815. The zero-order valence-corrected chi connectivity index (χ0v) is 11.1. The summed E-state index contributed by atoms with van der Waals surface area (Å²) >= 11 is 1.49. The van der Waals surface area contributed by atoms with Crippen LogP contribution >= 0.6 is 11.3 Å². The number of rotatable bonds is 4. The lowest BCUT2D eigenvalue weighted by Crippen LogP contribution is -2.27. The van der Waals surface area contributed by atoms with Crippen LogP contribution < -0.4 is 5.73 Å². The summed E-state index contributed by atoms with van der Waals surface area (Å²) in [4.78, 5) is 16.7. The maximum Gasteiger partial charge on any atom is 0.185 e. The number of ketones is 1. The van der Waals surface area contributed by atoms with Crippen LogP contribution in [0, 0.1) is 11.8 Å². The fourth-order valence-corrected chi connectivity index (χ4v) is 3.41. The summed E-state index contributed by atoms with van der Waals surface area (Å²) in [6.45, 7) is 2.61. The second-order valence-electron chi connectivity index (χ2n) is 4.75. The van der Waals surface area contributed by atoms with E-state index >= 15 is 0 Å². The number of nitrogens with two attached hydrogens (primary N) is 1. The van der Waals surface area contributed by atoms with Gasteiger partial charge in [-0.15, -0.1) is 11.3 Å². The van der Waals surface area contributed by atoms with Gasteiger partial charge in [-0.05, 0) is 18.8 Å². The summed E-state index contributed by atoms with van der Waals surface area (Å²) in [5.74, 6) is 0.994. The summed E-state index contributed by atoms with van der Waals surface area (Å²) in [5.41, 5.74) is 6.17. The lowest BCUT2D eigenvalue weighted by atomic mass is 9.75. The van der Waals surface area contributed by atoms with Crippen LogP contribution in [0.15, 0.2) is 5.38 Å². The average Bonchev–Trinajstić information content (AvgIpc) is 2.86. The molecule has 3 nitrogen and oxygen atoms in total. The Bertz CT molecular complexity index is 389. The first-order valence-corrected chi connectivity index (χ1v) is 7.33. The maximum atomic E-state index is 12.4. The van der Waals surface area contributed by atoms with E-state index in [2.05, 4.69) is 11.9 Å². The molecule has 2 N–H and O–H groups in total. The number of nitrogens with zero attached hydrogens (tertiary/aromatic N) is 1. The molecular formula is C13H20N2OS. The predicted molar refractivity (Wildman–Crippen MR) is 70.1 cm³/mol. The van der Waals surface area contributed by atoms with Gasteiger partial charge >= 0.3 is 0 Å². The zero-order chi connectivity index (χ0) is 12.3. The molecule has 0 amide bonds. The van der Waals surface area contributed by atoms with Gasteiger partial charge in [-0.2, -0.15) is 0 Å². The Morgan fingerprint density at radius 3 is 2.94 bits per heavy atom. The molecule has 2 rings (SSSR count).